The van der Waals surface area contributed by atoms with Gasteiger partial charge < -0.3 is 5.73 Å². The summed E-state index contributed by atoms with van der Waals surface area (Å²) in [7, 11) is 0. The van der Waals surface area contributed by atoms with Crippen LogP contribution in [0.15, 0.2) is 0 Å². The molecule has 0 aliphatic carbocycles. The first-order chi connectivity index (χ1) is 3.85. The average molecular weight is 112 g/mol. The molecule has 2 heteroatoms. The lowest BCUT2D eigenvalue weighted by Crippen LogP contribution is -2.12. The van der Waals surface area contributed by atoms with Gasteiger partial charge in [0.15, 0.2) is 0 Å². The van der Waals surface area contributed by atoms with Gasteiger partial charge in [0.1, 0.15) is 0 Å². The molecule has 2 nitrogen and oxygen atoms in total. The average Bonchev–Trinajstić information content (AvgIpc) is 1.83. The molecule has 0 bridgehead atoms. The lowest BCUT2D eigenvalue weighted by atomic mass is 10.0. The minimum atomic E-state index is 0.417. The fourth-order valence-corrected chi connectivity index (χ4v) is 0.523. The van der Waals surface area contributed by atoms with Crippen LogP contribution >= 0.6 is 0 Å². The van der Waals surface area contributed by atoms with Crippen LogP contribution in [-0.4, -0.2) is 6.54 Å². The summed E-state index contributed by atoms with van der Waals surface area (Å²) in [6.45, 7) is 2.69. The van der Waals surface area contributed by atoms with Crippen LogP contribution < -0.4 is 5.73 Å². The van der Waals surface area contributed by atoms with Gasteiger partial charge in [-0.25, -0.2) is 0 Å². The Morgan fingerprint density at radius 2 is 2.38 bits per heavy atom. The highest BCUT2D eigenvalue weighted by Gasteiger charge is 1.99. The monoisotopic (exact) mass is 112 g/mol. The molecule has 1 unspecified atom stereocenters. The lowest BCUT2D eigenvalue weighted by Gasteiger charge is -2.03. The Morgan fingerprint density at radius 3 is 2.50 bits per heavy atom. The highest BCUT2D eigenvalue weighted by Crippen LogP contribution is 2.02. The van der Waals surface area contributed by atoms with Crippen molar-refractivity contribution in [3.63, 3.8) is 0 Å². The van der Waals surface area contributed by atoms with Gasteiger partial charge in [0.25, 0.3) is 0 Å². The van der Waals surface area contributed by atoms with Crippen LogP contribution in [0.4, 0.5) is 0 Å². The molecule has 8 heavy (non-hydrogen) atoms. The van der Waals surface area contributed by atoms with E-state index in [1.165, 1.54) is 0 Å². The van der Waals surface area contributed by atoms with Gasteiger partial charge in [-0.1, -0.05) is 13.3 Å². The maximum atomic E-state index is 8.19. The maximum absolute atomic E-state index is 8.19. The zero-order valence-corrected chi connectivity index (χ0v) is 5.22. The summed E-state index contributed by atoms with van der Waals surface area (Å²) < 4.78 is 0. The fourth-order valence-electron chi connectivity index (χ4n) is 0.523. The number of nitrogens with two attached hydrogens (primary N) is 1. The van der Waals surface area contributed by atoms with Crippen molar-refractivity contribution in [2.75, 3.05) is 6.54 Å². The van der Waals surface area contributed by atoms with Crippen LogP contribution in [0.25, 0.3) is 0 Å². The Kier molecular flexibility index (Phi) is 4.29. The second kappa shape index (κ2) is 4.61. The van der Waals surface area contributed by atoms with Gasteiger partial charge >= 0.3 is 0 Å². The fraction of sp³-hybridized carbons (Fsp3) is 0.833. The first kappa shape index (κ1) is 7.45. The topological polar surface area (TPSA) is 49.8 Å². The lowest BCUT2D eigenvalue weighted by molar-refractivity contribution is 0.534. The molecule has 0 heterocycles. The van der Waals surface area contributed by atoms with E-state index in [4.69, 9.17) is 11.0 Å². The standard InChI is InChI=1S/C6H12N2/c1-2-6(5-8)3-4-7/h6H,2-3,5,8H2,1H3. The summed E-state index contributed by atoms with van der Waals surface area (Å²) >= 11 is 0. The molecule has 0 fully saturated rings. The van der Waals surface area contributed by atoms with Gasteiger partial charge in [-0.15, -0.1) is 0 Å². The van der Waals surface area contributed by atoms with E-state index in [0.717, 1.165) is 6.42 Å². The van der Waals surface area contributed by atoms with Crippen LogP contribution in [0, 0.1) is 17.2 Å². The van der Waals surface area contributed by atoms with Crippen molar-refractivity contribution in [2.45, 2.75) is 19.8 Å². The van der Waals surface area contributed by atoms with E-state index in [1.807, 2.05) is 0 Å². The summed E-state index contributed by atoms with van der Waals surface area (Å²) in [6.07, 6.45) is 1.62. The number of hydrogen-bond donors (Lipinski definition) is 1. The number of nitriles is 1. The second-order valence-corrected chi connectivity index (χ2v) is 1.87. The summed E-state index contributed by atoms with van der Waals surface area (Å²) in [6, 6.07) is 2.09. The Labute approximate surface area is 50.3 Å². The molecule has 46 valence electrons. The summed E-state index contributed by atoms with van der Waals surface area (Å²) in [5, 5.41) is 8.19. The third-order valence-electron chi connectivity index (χ3n) is 1.29. The SMILES string of the molecule is CCC(CN)CC#N. The number of nitrogens with zero attached hydrogens (tertiary/aromatic N) is 1. The van der Waals surface area contributed by atoms with Gasteiger partial charge in [-0.3, -0.25) is 0 Å². The first-order valence-corrected chi connectivity index (χ1v) is 2.92. The van der Waals surface area contributed by atoms with E-state index >= 15 is 0 Å². The second-order valence-electron chi connectivity index (χ2n) is 1.87. The highest BCUT2D eigenvalue weighted by atomic mass is 14.5. The molecule has 0 radical (unpaired) electrons. The van der Waals surface area contributed by atoms with Crippen molar-refractivity contribution >= 4 is 0 Å². The Balaban J connectivity index is 3.25. The predicted octanol–water partition coefficient (Wildman–Crippen LogP) is 0.885. The Bertz CT molecular complexity index is 79.0. The molecule has 0 rings (SSSR count). The molecule has 0 aliphatic heterocycles. The van der Waals surface area contributed by atoms with Crippen LogP contribution in [-0.2, 0) is 0 Å². The zero-order valence-electron chi connectivity index (χ0n) is 5.22. The Hall–Kier alpha value is -0.550. The molecule has 0 amide bonds. The van der Waals surface area contributed by atoms with Crippen molar-refractivity contribution in [1.29, 1.82) is 5.26 Å². The van der Waals surface area contributed by atoms with Gasteiger partial charge in [0.05, 0.1) is 6.07 Å². The minimum Gasteiger partial charge on any atom is -0.330 e. The number of hydrogen-bond acceptors (Lipinski definition) is 2. The van der Waals surface area contributed by atoms with E-state index in [1.54, 1.807) is 0 Å². The summed E-state index contributed by atoms with van der Waals surface area (Å²) in [4.78, 5) is 0. The van der Waals surface area contributed by atoms with E-state index in [-0.39, 0.29) is 0 Å². The van der Waals surface area contributed by atoms with Crippen LogP contribution in [0.3, 0.4) is 0 Å². The largest absolute Gasteiger partial charge is 0.330 e. The normalized spacial score (nSPS) is 12.6. The molecule has 0 spiro atoms. The molecular formula is C6H12N2. The molecule has 0 aromatic heterocycles. The first-order valence-electron chi connectivity index (χ1n) is 2.92. The van der Waals surface area contributed by atoms with Crippen molar-refractivity contribution in [2.24, 2.45) is 11.7 Å². The van der Waals surface area contributed by atoms with Gasteiger partial charge in [-0.05, 0) is 12.5 Å². The van der Waals surface area contributed by atoms with Crippen molar-refractivity contribution < 1.29 is 0 Å². The van der Waals surface area contributed by atoms with Crippen LogP contribution in [0.1, 0.15) is 19.8 Å². The van der Waals surface area contributed by atoms with Crippen LogP contribution in [0.2, 0.25) is 0 Å². The molecule has 0 saturated heterocycles. The van der Waals surface area contributed by atoms with E-state index in [9.17, 15) is 0 Å². The van der Waals surface area contributed by atoms with E-state index in [0.29, 0.717) is 18.9 Å². The third kappa shape index (κ3) is 2.59. The summed E-state index contributed by atoms with van der Waals surface area (Å²) in [5.74, 6) is 0.417. The Morgan fingerprint density at radius 1 is 1.75 bits per heavy atom. The summed E-state index contributed by atoms with van der Waals surface area (Å²) in [5.41, 5.74) is 5.32. The van der Waals surface area contributed by atoms with Crippen molar-refractivity contribution in [3.05, 3.63) is 0 Å². The highest BCUT2D eigenvalue weighted by molar-refractivity contribution is 4.74. The molecular weight excluding hydrogens is 100 g/mol. The molecule has 0 aromatic carbocycles. The van der Waals surface area contributed by atoms with Crippen molar-refractivity contribution in [1.82, 2.24) is 0 Å². The smallest absolute Gasteiger partial charge is 0.0625 e. The molecule has 0 saturated carbocycles. The van der Waals surface area contributed by atoms with E-state index in [2.05, 4.69) is 13.0 Å². The van der Waals surface area contributed by atoms with E-state index < -0.39 is 0 Å². The molecule has 1 atom stereocenters. The maximum Gasteiger partial charge on any atom is 0.0625 e. The molecule has 0 aromatic rings. The predicted molar refractivity (Wildman–Crippen MR) is 33.1 cm³/mol. The third-order valence-corrected chi connectivity index (χ3v) is 1.29. The van der Waals surface area contributed by atoms with Crippen molar-refractivity contribution in [3.8, 4) is 6.07 Å². The number of rotatable bonds is 3. The van der Waals surface area contributed by atoms with Gasteiger partial charge in [-0.2, -0.15) is 5.26 Å². The minimum absolute atomic E-state index is 0.417. The van der Waals surface area contributed by atoms with Gasteiger partial charge in [0.2, 0.25) is 0 Å². The molecule has 0 aliphatic rings. The van der Waals surface area contributed by atoms with Crippen LogP contribution in [0.5, 0.6) is 0 Å². The van der Waals surface area contributed by atoms with Gasteiger partial charge in [0, 0.05) is 6.42 Å². The quantitative estimate of drug-likeness (QED) is 0.589. The molecule has 2 N–H and O–H groups in total. The zero-order chi connectivity index (χ0) is 6.41.